The molecule has 48 heavy (non-hydrogen) atoms. The van der Waals surface area contributed by atoms with E-state index in [1.807, 2.05) is 0 Å². The monoisotopic (exact) mass is 616 g/mol. The maximum atomic E-state index is 3.84. The van der Waals surface area contributed by atoms with E-state index in [0.29, 0.717) is 0 Å². The van der Waals surface area contributed by atoms with Crippen LogP contribution in [0.1, 0.15) is 67.8 Å². The highest BCUT2D eigenvalue weighted by molar-refractivity contribution is 5.63. The molecule has 0 amide bonds. The number of hydrogen-bond acceptors (Lipinski definition) is 0. The van der Waals surface area contributed by atoms with Crippen molar-refractivity contribution >= 4 is 0 Å². The third-order valence-electron chi connectivity index (χ3n) is 9.15. The van der Waals surface area contributed by atoms with Gasteiger partial charge in [-0.3, -0.25) is 0 Å². The molecule has 1 aliphatic heterocycles. The minimum Gasteiger partial charge on any atom is -0.327 e. The molecule has 9 rings (SSSR count). The summed E-state index contributed by atoms with van der Waals surface area (Å²) in [5, 5.41) is 0. The van der Waals surface area contributed by atoms with Crippen LogP contribution in [0.5, 0.6) is 0 Å². The van der Waals surface area contributed by atoms with Gasteiger partial charge in [-0.05, 0) is 72.8 Å². The van der Waals surface area contributed by atoms with E-state index < -0.39 is 0 Å². The van der Waals surface area contributed by atoms with Gasteiger partial charge in [0.2, 0.25) is 0 Å². The summed E-state index contributed by atoms with van der Waals surface area (Å²) in [4.78, 5) is 15.4. The first-order valence-corrected chi connectivity index (χ1v) is 16.3. The van der Waals surface area contributed by atoms with Crippen LogP contribution in [-0.2, 0) is 0 Å². The zero-order valence-corrected chi connectivity index (χ0v) is 26.2. The van der Waals surface area contributed by atoms with Gasteiger partial charge in [0, 0.05) is 48.5 Å². The lowest BCUT2D eigenvalue weighted by Crippen LogP contribution is -2.11. The molecule has 1 aliphatic rings. The molecule has 0 radical (unpaired) electrons. The quantitative estimate of drug-likeness (QED) is 0.142. The number of rotatable bonds is 4. The summed E-state index contributed by atoms with van der Waals surface area (Å²) in [7, 11) is 0. The summed E-state index contributed by atoms with van der Waals surface area (Å²) in [6.45, 7) is 0. The Morgan fingerprint density at radius 3 is 0.542 bits per heavy atom. The zero-order valence-electron chi connectivity index (χ0n) is 26.2. The van der Waals surface area contributed by atoms with Crippen LogP contribution in [0.3, 0.4) is 0 Å². The Morgan fingerprint density at radius 1 is 0.208 bits per heavy atom. The van der Waals surface area contributed by atoms with E-state index in [1.165, 1.54) is 0 Å². The summed E-state index contributed by atoms with van der Waals surface area (Å²) >= 11 is 0. The fourth-order valence-electron chi connectivity index (χ4n) is 6.99. The molecule has 0 fully saturated rings. The van der Waals surface area contributed by atoms with E-state index in [-0.39, 0.29) is 0 Å². The molecule has 4 aromatic heterocycles. The predicted octanol–water partition coefficient (Wildman–Crippen LogP) is 9.39. The standard InChI is InChI=1S/C44H32N4/c1-5-13-29(14-6-1)41-33-21-23-35(45-33)42(30-15-7-2-8-16-30)37-25-27-39(47-37)44(32-19-11-4-12-20-32)40-28-26-38(48-40)43(31-17-9-3-10-18-31)36-24-22-34(41)46-36/h1-28,45-48H/q+4. The SMILES string of the molecule is c1ccc([C+]2c3ccc([nH]3)[C+](c3ccccc3)c3ccc([nH]3)[C+](c3ccccc3)c3ccc([nH]3)[C+](c3ccccc3)c3ccc2[nH]3)cc1. The topological polar surface area (TPSA) is 63.2 Å². The second-order valence-electron chi connectivity index (χ2n) is 12.1. The third kappa shape index (κ3) is 4.88. The molecule has 5 heterocycles. The fourth-order valence-corrected chi connectivity index (χ4v) is 6.99. The highest BCUT2D eigenvalue weighted by atomic mass is 14.8. The van der Waals surface area contributed by atoms with Gasteiger partial charge in [0.1, 0.15) is 69.2 Å². The van der Waals surface area contributed by atoms with Gasteiger partial charge in [-0.2, -0.15) is 0 Å². The second-order valence-corrected chi connectivity index (χ2v) is 12.1. The van der Waals surface area contributed by atoms with Crippen molar-refractivity contribution in [3.63, 3.8) is 0 Å². The Bertz CT molecular complexity index is 1850. The summed E-state index contributed by atoms with van der Waals surface area (Å²) < 4.78 is 0. The van der Waals surface area contributed by atoms with E-state index in [0.717, 1.165) is 91.5 Å². The molecular formula is C44H32N4+4. The van der Waals surface area contributed by atoms with Gasteiger partial charge in [-0.1, -0.05) is 0 Å². The van der Waals surface area contributed by atoms with Gasteiger partial charge in [-0.15, -0.1) is 0 Å². The van der Waals surface area contributed by atoms with Crippen LogP contribution in [0.4, 0.5) is 0 Å². The highest BCUT2D eigenvalue weighted by Crippen LogP contribution is 2.39. The van der Waals surface area contributed by atoms with Crippen LogP contribution in [0.15, 0.2) is 170 Å². The van der Waals surface area contributed by atoms with Crippen molar-refractivity contribution in [3.05, 3.63) is 261 Å². The van der Waals surface area contributed by atoms with Crippen LogP contribution in [0.2, 0.25) is 0 Å². The van der Waals surface area contributed by atoms with Crippen LogP contribution >= 0.6 is 0 Å². The molecule has 0 atom stereocenters. The average Bonchev–Trinajstić information content (AvgIpc) is 3.98. The minimum absolute atomic E-state index is 1.04. The van der Waals surface area contributed by atoms with E-state index >= 15 is 0 Å². The van der Waals surface area contributed by atoms with E-state index in [2.05, 4.69) is 190 Å². The van der Waals surface area contributed by atoms with Gasteiger partial charge >= 0.3 is 0 Å². The zero-order chi connectivity index (χ0) is 31.9. The molecule has 0 spiro atoms. The Balaban J connectivity index is 1.30. The maximum Gasteiger partial charge on any atom is 0.126 e. The second kappa shape index (κ2) is 11.7. The number of H-pyrrole nitrogens is 4. The molecule has 4 N–H and O–H groups in total. The predicted molar refractivity (Wildman–Crippen MR) is 191 cm³/mol. The third-order valence-corrected chi connectivity index (χ3v) is 9.15. The van der Waals surface area contributed by atoms with Crippen LogP contribution in [0, 0.1) is 23.7 Å². The van der Waals surface area contributed by atoms with Gasteiger partial charge in [0.25, 0.3) is 0 Å². The summed E-state index contributed by atoms with van der Waals surface area (Å²) in [5.74, 6) is 4.44. The number of hydrogen-bond donors (Lipinski definition) is 4. The highest BCUT2D eigenvalue weighted by Gasteiger charge is 2.37. The lowest BCUT2D eigenvalue weighted by molar-refractivity contribution is 1.01. The maximum absolute atomic E-state index is 3.84. The Morgan fingerprint density at radius 2 is 0.375 bits per heavy atom. The first-order valence-electron chi connectivity index (χ1n) is 16.3. The van der Waals surface area contributed by atoms with Crippen molar-refractivity contribution in [2.75, 3.05) is 0 Å². The normalized spacial score (nSPS) is 12.8. The van der Waals surface area contributed by atoms with Crippen molar-refractivity contribution in [1.82, 2.24) is 19.9 Å². The number of aromatic nitrogens is 4. The smallest absolute Gasteiger partial charge is 0.126 e. The van der Waals surface area contributed by atoms with Crippen LogP contribution in [0.25, 0.3) is 0 Å². The molecular weight excluding hydrogens is 585 g/mol. The van der Waals surface area contributed by atoms with E-state index in [1.54, 1.807) is 0 Å². The molecule has 0 saturated carbocycles. The summed E-state index contributed by atoms with van der Waals surface area (Å²) in [5.41, 5.74) is 12.8. The van der Waals surface area contributed by atoms with Crippen molar-refractivity contribution in [1.29, 1.82) is 0 Å². The molecule has 4 heteroatoms. The Kier molecular flexibility index (Phi) is 6.76. The average molecular weight is 617 g/mol. The lowest BCUT2D eigenvalue weighted by Gasteiger charge is -2.13. The first kappa shape index (κ1) is 27.8. The van der Waals surface area contributed by atoms with Crippen molar-refractivity contribution in [2.45, 2.75) is 0 Å². The molecule has 4 nitrogen and oxygen atoms in total. The summed E-state index contributed by atoms with van der Waals surface area (Å²) in [6, 6.07) is 60.0. The molecule has 0 saturated heterocycles. The van der Waals surface area contributed by atoms with Gasteiger partial charge in [0.15, 0.2) is 0 Å². The Hall–Kier alpha value is -6.52. The summed E-state index contributed by atoms with van der Waals surface area (Å²) in [6.07, 6.45) is 0. The number of benzene rings is 4. The number of nitrogens with one attached hydrogen (secondary N) is 4. The molecule has 0 unspecified atom stereocenters. The van der Waals surface area contributed by atoms with Gasteiger partial charge < -0.3 is 19.9 Å². The Labute approximate surface area is 280 Å². The van der Waals surface area contributed by atoms with Crippen LogP contribution in [-0.4, -0.2) is 19.9 Å². The fraction of sp³-hybridized carbons (Fsp3) is 0. The molecule has 4 aromatic carbocycles. The van der Waals surface area contributed by atoms with E-state index in [9.17, 15) is 0 Å². The van der Waals surface area contributed by atoms with E-state index in [4.69, 9.17) is 0 Å². The van der Waals surface area contributed by atoms with Gasteiger partial charge in [0.05, 0.1) is 70.8 Å². The lowest BCUT2D eigenvalue weighted by atomic mass is 9.92. The van der Waals surface area contributed by atoms with Crippen molar-refractivity contribution in [3.8, 4) is 0 Å². The molecule has 0 aliphatic carbocycles. The molecule has 8 bridgehead atoms. The first-order chi connectivity index (χ1) is 23.8. The minimum atomic E-state index is 1.04. The number of fused-ring (bicyclic) bond motifs is 8. The number of aromatic amines is 4. The van der Waals surface area contributed by atoms with Crippen molar-refractivity contribution in [2.24, 2.45) is 0 Å². The van der Waals surface area contributed by atoms with Gasteiger partial charge in [-0.25, -0.2) is 0 Å². The molecule has 224 valence electrons. The largest absolute Gasteiger partial charge is 0.327 e. The molecule has 8 aromatic rings. The van der Waals surface area contributed by atoms with Crippen molar-refractivity contribution < 1.29 is 0 Å². The van der Waals surface area contributed by atoms with Crippen LogP contribution < -0.4 is 0 Å².